The number of anilines is 1. The monoisotopic (exact) mass is 455 g/mol. The van der Waals surface area contributed by atoms with Gasteiger partial charge in [-0.05, 0) is 49.1 Å². The first kappa shape index (κ1) is 21.8. The summed E-state index contributed by atoms with van der Waals surface area (Å²) in [5.41, 5.74) is 2.38. The molecule has 0 aliphatic carbocycles. The molecule has 1 aromatic heterocycles. The first-order valence-electron chi connectivity index (χ1n) is 10.4. The summed E-state index contributed by atoms with van der Waals surface area (Å²) in [5.74, 6) is -0.393. The first-order chi connectivity index (χ1) is 15.5. The average Bonchev–Trinajstić information content (AvgIpc) is 3.28. The maximum Gasteiger partial charge on any atom is 0.319 e. The Bertz CT molecular complexity index is 1100. The van der Waals surface area contributed by atoms with E-state index in [-0.39, 0.29) is 11.8 Å². The third kappa shape index (κ3) is 5.26. The van der Waals surface area contributed by atoms with Crippen LogP contribution in [-0.4, -0.2) is 46.7 Å². The van der Waals surface area contributed by atoms with Gasteiger partial charge in [0.15, 0.2) is 0 Å². The molecular formula is C23H23ClFN5O2. The molecule has 1 saturated heterocycles. The Labute approximate surface area is 190 Å². The van der Waals surface area contributed by atoms with Gasteiger partial charge in [0.05, 0.1) is 17.5 Å². The number of nitrogens with one attached hydrogen (secondary N) is 3. The average molecular weight is 456 g/mol. The van der Waals surface area contributed by atoms with Gasteiger partial charge in [-0.25, -0.2) is 9.18 Å². The summed E-state index contributed by atoms with van der Waals surface area (Å²) in [7, 11) is 0. The van der Waals surface area contributed by atoms with Gasteiger partial charge in [0.25, 0.3) is 5.91 Å². The van der Waals surface area contributed by atoms with Crippen molar-refractivity contribution in [2.24, 2.45) is 5.92 Å². The molecule has 1 fully saturated rings. The Morgan fingerprint density at radius 3 is 2.81 bits per heavy atom. The number of aromatic nitrogens is 2. The van der Waals surface area contributed by atoms with E-state index in [9.17, 15) is 14.0 Å². The first-order valence-corrected chi connectivity index (χ1v) is 10.8. The lowest BCUT2D eigenvalue weighted by atomic mass is 9.97. The second-order valence-electron chi connectivity index (χ2n) is 7.77. The second kappa shape index (κ2) is 9.82. The molecule has 1 aliphatic heterocycles. The van der Waals surface area contributed by atoms with E-state index in [2.05, 4.69) is 20.8 Å². The third-order valence-electron chi connectivity index (χ3n) is 5.44. The fourth-order valence-electron chi connectivity index (χ4n) is 3.85. The van der Waals surface area contributed by atoms with Gasteiger partial charge in [0.2, 0.25) is 0 Å². The molecule has 1 atom stereocenters. The van der Waals surface area contributed by atoms with E-state index in [0.717, 1.165) is 18.4 Å². The standard InChI is InChI=1S/C23H23ClFN5O2/c24-17-8-6-16(7-9-17)21-20(13-27-29-21)22(31)30-10-2-3-15(14-30)12-26-23(32)28-19-5-1-4-18(25)11-19/h1,4-9,11,13,15H,2-3,10,12,14H2,(H,27,29)(H2,26,28,32). The zero-order valence-corrected chi connectivity index (χ0v) is 18.0. The van der Waals surface area contributed by atoms with Crippen LogP contribution in [0.15, 0.2) is 54.7 Å². The molecule has 2 aromatic carbocycles. The van der Waals surface area contributed by atoms with Gasteiger partial charge in [0, 0.05) is 35.9 Å². The van der Waals surface area contributed by atoms with Gasteiger partial charge in [0.1, 0.15) is 5.82 Å². The minimum Gasteiger partial charge on any atom is -0.338 e. The summed E-state index contributed by atoms with van der Waals surface area (Å²) in [6.45, 7) is 1.60. The minimum absolute atomic E-state index is 0.0994. The summed E-state index contributed by atoms with van der Waals surface area (Å²) in [6, 6.07) is 12.5. The van der Waals surface area contributed by atoms with Crippen molar-refractivity contribution in [1.82, 2.24) is 20.4 Å². The van der Waals surface area contributed by atoms with Crippen LogP contribution < -0.4 is 10.6 Å². The van der Waals surface area contributed by atoms with Gasteiger partial charge < -0.3 is 15.5 Å². The number of halogens is 2. The SMILES string of the molecule is O=C(NCC1CCCN(C(=O)c2cn[nH]c2-c2ccc(Cl)cc2)C1)Nc1cccc(F)c1. The number of benzene rings is 2. The van der Waals surface area contributed by atoms with E-state index in [0.29, 0.717) is 41.6 Å². The van der Waals surface area contributed by atoms with Crippen LogP contribution in [0.1, 0.15) is 23.2 Å². The number of piperidine rings is 1. The maximum absolute atomic E-state index is 13.3. The third-order valence-corrected chi connectivity index (χ3v) is 5.69. The van der Waals surface area contributed by atoms with Gasteiger partial charge in [-0.3, -0.25) is 9.89 Å². The Balaban J connectivity index is 1.35. The Morgan fingerprint density at radius 1 is 1.22 bits per heavy atom. The fourth-order valence-corrected chi connectivity index (χ4v) is 3.98. The molecule has 0 bridgehead atoms. The molecular weight excluding hydrogens is 433 g/mol. The number of carbonyl (C=O) groups excluding carboxylic acids is 2. The second-order valence-corrected chi connectivity index (χ2v) is 8.21. The summed E-state index contributed by atoms with van der Waals surface area (Å²) in [4.78, 5) is 27.1. The quantitative estimate of drug-likeness (QED) is 0.527. The van der Waals surface area contributed by atoms with E-state index in [1.165, 1.54) is 18.2 Å². The zero-order chi connectivity index (χ0) is 22.5. The largest absolute Gasteiger partial charge is 0.338 e. The lowest BCUT2D eigenvalue weighted by Crippen LogP contribution is -2.44. The van der Waals surface area contributed by atoms with Crippen LogP contribution in [0.2, 0.25) is 5.02 Å². The highest BCUT2D eigenvalue weighted by atomic mass is 35.5. The molecule has 3 aromatic rings. The smallest absolute Gasteiger partial charge is 0.319 e. The predicted octanol–water partition coefficient (Wildman–Crippen LogP) is 4.54. The Morgan fingerprint density at radius 2 is 2.03 bits per heavy atom. The van der Waals surface area contributed by atoms with Crippen LogP contribution >= 0.6 is 11.6 Å². The van der Waals surface area contributed by atoms with Crippen molar-refractivity contribution in [2.75, 3.05) is 25.0 Å². The predicted molar refractivity (Wildman–Crippen MR) is 121 cm³/mol. The van der Waals surface area contributed by atoms with Crippen molar-refractivity contribution in [3.63, 3.8) is 0 Å². The van der Waals surface area contributed by atoms with Crippen LogP contribution in [0, 0.1) is 11.7 Å². The maximum atomic E-state index is 13.3. The van der Waals surface area contributed by atoms with Crippen molar-refractivity contribution >= 4 is 29.2 Å². The summed E-state index contributed by atoms with van der Waals surface area (Å²) < 4.78 is 13.3. The fraction of sp³-hybridized carbons (Fsp3) is 0.261. The zero-order valence-electron chi connectivity index (χ0n) is 17.3. The lowest BCUT2D eigenvalue weighted by Gasteiger charge is -2.33. The summed E-state index contributed by atoms with van der Waals surface area (Å²) >= 11 is 5.97. The van der Waals surface area contributed by atoms with Gasteiger partial charge in [-0.15, -0.1) is 0 Å². The number of carbonyl (C=O) groups is 2. The van der Waals surface area contributed by atoms with E-state index in [4.69, 9.17) is 11.6 Å². The Kier molecular flexibility index (Phi) is 6.70. The van der Waals surface area contributed by atoms with Crippen LogP contribution in [0.4, 0.5) is 14.9 Å². The molecule has 4 rings (SSSR count). The molecule has 1 unspecified atom stereocenters. The number of aromatic amines is 1. The molecule has 2 heterocycles. The highest BCUT2D eigenvalue weighted by Gasteiger charge is 2.27. The molecule has 3 N–H and O–H groups in total. The van der Waals surface area contributed by atoms with Crippen molar-refractivity contribution in [1.29, 1.82) is 0 Å². The van der Waals surface area contributed by atoms with Gasteiger partial charge in [-0.1, -0.05) is 29.8 Å². The number of hydrogen-bond acceptors (Lipinski definition) is 3. The molecule has 0 saturated carbocycles. The number of hydrogen-bond donors (Lipinski definition) is 3. The number of H-pyrrole nitrogens is 1. The minimum atomic E-state index is -0.415. The molecule has 32 heavy (non-hydrogen) atoms. The summed E-state index contributed by atoms with van der Waals surface area (Å²) in [5, 5.41) is 13.0. The topological polar surface area (TPSA) is 90.1 Å². The molecule has 0 radical (unpaired) electrons. The van der Waals surface area contributed by atoms with Crippen LogP contribution in [0.3, 0.4) is 0 Å². The number of likely N-dealkylation sites (tertiary alicyclic amines) is 1. The molecule has 7 nitrogen and oxygen atoms in total. The van der Waals surface area contributed by atoms with Crippen molar-refractivity contribution < 1.29 is 14.0 Å². The number of rotatable bonds is 5. The summed E-state index contributed by atoms with van der Waals surface area (Å²) in [6.07, 6.45) is 3.29. The van der Waals surface area contributed by atoms with Crippen LogP contribution in [-0.2, 0) is 0 Å². The normalized spacial score (nSPS) is 15.9. The van der Waals surface area contributed by atoms with Crippen LogP contribution in [0.25, 0.3) is 11.3 Å². The number of urea groups is 1. The van der Waals surface area contributed by atoms with Gasteiger partial charge >= 0.3 is 6.03 Å². The highest BCUT2D eigenvalue weighted by molar-refractivity contribution is 6.30. The van der Waals surface area contributed by atoms with Crippen molar-refractivity contribution in [2.45, 2.75) is 12.8 Å². The van der Waals surface area contributed by atoms with E-state index < -0.39 is 11.8 Å². The van der Waals surface area contributed by atoms with Crippen molar-refractivity contribution in [3.8, 4) is 11.3 Å². The number of nitrogens with zero attached hydrogens (tertiary/aromatic N) is 2. The molecule has 3 amide bonds. The molecule has 9 heteroatoms. The van der Waals surface area contributed by atoms with E-state index >= 15 is 0 Å². The van der Waals surface area contributed by atoms with Crippen LogP contribution in [0.5, 0.6) is 0 Å². The Hall–Kier alpha value is -3.39. The van der Waals surface area contributed by atoms with E-state index in [1.54, 1.807) is 29.3 Å². The van der Waals surface area contributed by atoms with Crippen molar-refractivity contribution in [3.05, 3.63) is 71.1 Å². The molecule has 166 valence electrons. The van der Waals surface area contributed by atoms with Gasteiger partial charge in [-0.2, -0.15) is 5.10 Å². The molecule has 0 spiro atoms. The lowest BCUT2D eigenvalue weighted by molar-refractivity contribution is 0.0676. The number of amides is 3. The van der Waals surface area contributed by atoms with E-state index in [1.807, 2.05) is 12.1 Å². The molecule has 1 aliphatic rings. The highest BCUT2D eigenvalue weighted by Crippen LogP contribution is 2.26.